The first-order valence-corrected chi connectivity index (χ1v) is 9.01. The molecule has 0 aliphatic heterocycles. The van der Waals surface area contributed by atoms with Crippen molar-refractivity contribution in [1.82, 2.24) is 9.55 Å². The Morgan fingerprint density at radius 1 is 1.26 bits per heavy atom. The van der Waals surface area contributed by atoms with Crippen LogP contribution in [-0.2, 0) is 11.3 Å². The summed E-state index contributed by atoms with van der Waals surface area (Å²) in [5.41, 5.74) is 3.16. The molecule has 2 aromatic rings. The SMILES string of the molecule is CCCCn1c(SCC(=O)N(C)c2ccccc2)nc(C)c1C. The second-order valence-electron chi connectivity index (χ2n) is 5.65. The van der Waals surface area contributed by atoms with Crippen LogP contribution in [0.15, 0.2) is 35.5 Å². The number of carbonyl (C=O) groups is 1. The lowest BCUT2D eigenvalue weighted by molar-refractivity contribution is -0.115. The smallest absolute Gasteiger partial charge is 0.237 e. The minimum atomic E-state index is 0.0848. The van der Waals surface area contributed by atoms with Gasteiger partial charge in [-0.15, -0.1) is 0 Å². The summed E-state index contributed by atoms with van der Waals surface area (Å²) in [7, 11) is 1.82. The first-order chi connectivity index (χ1) is 11.0. The van der Waals surface area contributed by atoms with E-state index in [0.29, 0.717) is 5.75 Å². The summed E-state index contributed by atoms with van der Waals surface area (Å²) in [6, 6.07) is 9.72. The van der Waals surface area contributed by atoms with Crippen molar-refractivity contribution in [3.05, 3.63) is 41.7 Å². The number of rotatable bonds is 7. The molecule has 0 bridgehead atoms. The Hall–Kier alpha value is -1.75. The number of hydrogen-bond donors (Lipinski definition) is 0. The number of para-hydroxylation sites is 1. The number of imidazole rings is 1. The number of amides is 1. The number of hydrogen-bond acceptors (Lipinski definition) is 3. The van der Waals surface area contributed by atoms with Gasteiger partial charge in [0.2, 0.25) is 5.91 Å². The highest BCUT2D eigenvalue weighted by Crippen LogP contribution is 2.23. The fourth-order valence-corrected chi connectivity index (χ4v) is 3.36. The van der Waals surface area contributed by atoms with E-state index >= 15 is 0 Å². The second kappa shape index (κ2) is 8.20. The number of benzene rings is 1. The molecule has 1 heterocycles. The van der Waals surface area contributed by atoms with Crippen LogP contribution < -0.4 is 4.90 Å². The zero-order chi connectivity index (χ0) is 16.8. The molecule has 1 aromatic heterocycles. The lowest BCUT2D eigenvalue weighted by Gasteiger charge is -2.17. The van der Waals surface area contributed by atoms with Crippen LogP contribution in [0, 0.1) is 13.8 Å². The van der Waals surface area contributed by atoms with E-state index < -0.39 is 0 Å². The fraction of sp³-hybridized carbons (Fsp3) is 0.444. The summed E-state index contributed by atoms with van der Waals surface area (Å²) in [4.78, 5) is 18.7. The van der Waals surface area contributed by atoms with Crippen molar-refractivity contribution in [2.45, 2.75) is 45.3 Å². The van der Waals surface area contributed by atoms with Crippen molar-refractivity contribution in [1.29, 1.82) is 0 Å². The topological polar surface area (TPSA) is 38.1 Å². The molecule has 1 aromatic carbocycles. The van der Waals surface area contributed by atoms with Gasteiger partial charge in [-0.1, -0.05) is 43.3 Å². The summed E-state index contributed by atoms with van der Waals surface area (Å²) in [6.07, 6.45) is 2.28. The normalized spacial score (nSPS) is 10.8. The maximum absolute atomic E-state index is 12.4. The highest BCUT2D eigenvalue weighted by atomic mass is 32.2. The van der Waals surface area contributed by atoms with E-state index in [4.69, 9.17) is 0 Å². The number of aromatic nitrogens is 2. The highest BCUT2D eigenvalue weighted by molar-refractivity contribution is 7.99. The van der Waals surface area contributed by atoms with Crippen LogP contribution in [0.2, 0.25) is 0 Å². The minimum Gasteiger partial charge on any atom is -0.323 e. The first kappa shape index (κ1) is 17.6. The lowest BCUT2D eigenvalue weighted by atomic mass is 10.3. The van der Waals surface area contributed by atoms with Gasteiger partial charge in [0, 0.05) is 25.0 Å². The average molecular weight is 331 g/mol. The molecular weight excluding hydrogens is 306 g/mol. The van der Waals surface area contributed by atoms with Crippen molar-refractivity contribution in [3.63, 3.8) is 0 Å². The molecule has 23 heavy (non-hydrogen) atoms. The van der Waals surface area contributed by atoms with E-state index in [0.717, 1.165) is 35.9 Å². The Balaban J connectivity index is 2.03. The molecule has 0 radical (unpaired) electrons. The van der Waals surface area contributed by atoms with Gasteiger partial charge in [-0.25, -0.2) is 4.98 Å². The molecule has 124 valence electrons. The number of anilines is 1. The first-order valence-electron chi connectivity index (χ1n) is 8.02. The number of aryl methyl sites for hydroxylation is 1. The molecule has 0 saturated carbocycles. The van der Waals surface area contributed by atoms with E-state index in [1.54, 1.807) is 4.90 Å². The average Bonchev–Trinajstić information content (AvgIpc) is 2.85. The van der Waals surface area contributed by atoms with E-state index in [1.807, 2.05) is 44.3 Å². The van der Waals surface area contributed by atoms with Gasteiger partial charge in [-0.05, 0) is 32.4 Å². The Kier molecular flexibility index (Phi) is 6.28. The van der Waals surface area contributed by atoms with Gasteiger partial charge in [0.25, 0.3) is 0 Å². The van der Waals surface area contributed by atoms with Crippen LogP contribution in [0.25, 0.3) is 0 Å². The molecule has 0 spiro atoms. The van der Waals surface area contributed by atoms with Gasteiger partial charge in [0.1, 0.15) is 0 Å². The van der Waals surface area contributed by atoms with Crippen LogP contribution in [0.5, 0.6) is 0 Å². The third-order valence-electron chi connectivity index (χ3n) is 4.00. The molecule has 0 atom stereocenters. The van der Waals surface area contributed by atoms with Gasteiger partial charge < -0.3 is 9.47 Å². The van der Waals surface area contributed by atoms with E-state index in [2.05, 4.69) is 23.4 Å². The minimum absolute atomic E-state index is 0.0848. The van der Waals surface area contributed by atoms with E-state index in [1.165, 1.54) is 17.5 Å². The Labute approximate surface area is 142 Å². The molecule has 1 amide bonds. The summed E-state index contributed by atoms with van der Waals surface area (Å²) >= 11 is 1.52. The number of unbranched alkanes of at least 4 members (excludes halogenated alkanes) is 1. The van der Waals surface area contributed by atoms with Gasteiger partial charge in [0.15, 0.2) is 5.16 Å². The molecule has 2 rings (SSSR count). The molecule has 0 unspecified atom stereocenters. The number of thioether (sulfide) groups is 1. The molecule has 0 saturated heterocycles. The Morgan fingerprint density at radius 2 is 1.96 bits per heavy atom. The second-order valence-corrected chi connectivity index (χ2v) is 6.59. The van der Waals surface area contributed by atoms with Crippen LogP contribution >= 0.6 is 11.8 Å². The third kappa shape index (κ3) is 4.38. The summed E-state index contributed by atoms with van der Waals surface area (Å²) < 4.78 is 2.24. The van der Waals surface area contributed by atoms with Crippen molar-refractivity contribution in [2.75, 3.05) is 17.7 Å². The van der Waals surface area contributed by atoms with Crippen LogP contribution in [0.1, 0.15) is 31.2 Å². The summed E-state index contributed by atoms with van der Waals surface area (Å²) in [5.74, 6) is 0.481. The van der Waals surface area contributed by atoms with E-state index in [-0.39, 0.29) is 5.91 Å². The molecule has 4 nitrogen and oxygen atoms in total. The van der Waals surface area contributed by atoms with Crippen LogP contribution in [0.4, 0.5) is 5.69 Å². The largest absolute Gasteiger partial charge is 0.323 e. The van der Waals surface area contributed by atoms with Crippen molar-refractivity contribution >= 4 is 23.4 Å². The Bertz CT molecular complexity index is 652. The molecular formula is C18H25N3OS. The molecule has 0 aliphatic rings. The monoisotopic (exact) mass is 331 g/mol. The Morgan fingerprint density at radius 3 is 2.61 bits per heavy atom. The van der Waals surface area contributed by atoms with Gasteiger partial charge >= 0.3 is 0 Å². The third-order valence-corrected chi connectivity index (χ3v) is 4.96. The predicted molar refractivity (Wildman–Crippen MR) is 97.2 cm³/mol. The van der Waals surface area contributed by atoms with Crippen molar-refractivity contribution in [3.8, 4) is 0 Å². The van der Waals surface area contributed by atoms with Gasteiger partial charge in [-0.3, -0.25) is 4.79 Å². The number of carbonyl (C=O) groups excluding carboxylic acids is 1. The zero-order valence-corrected chi connectivity index (χ0v) is 15.2. The zero-order valence-electron chi connectivity index (χ0n) is 14.4. The standard InChI is InChI=1S/C18H25N3OS/c1-5-6-12-21-15(3)14(2)19-18(21)23-13-17(22)20(4)16-10-8-7-9-11-16/h7-11H,5-6,12-13H2,1-4H3. The summed E-state index contributed by atoms with van der Waals surface area (Å²) in [5, 5.41) is 0.947. The molecule has 0 aliphatic carbocycles. The fourth-order valence-electron chi connectivity index (χ4n) is 2.33. The molecule has 0 N–H and O–H groups in total. The van der Waals surface area contributed by atoms with Crippen LogP contribution in [0.3, 0.4) is 0 Å². The highest BCUT2D eigenvalue weighted by Gasteiger charge is 2.15. The van der Waals surface area contributed by atoms with Crippen molar-refractivity contribution in [2.24, 2.45) is 0 Å². The molecule has 0 fully saturated rings. The van der Waals surface area contributed by atoms with Gasteiger partial charge in [0.05, 0.1) is 11.4 Å². The lowest BCUT2D eigenvalue weighted by Crippen LogP contribution is -2.28. The van der Waals surface area contributed by atoms with Crippen LogP contribution in [-0.4, -0.2) is 28.3 Å². The van der Waals surface area contributed by atoms with E-state index in [9.17, 15) is 4.79 Å². The quantitative estimate of drug-likeness (QED) is 0.718. The predicted octanol–water partition coefficient (Wildman–Crippen LogP) is 4.06. The summed E-state index contributed by atoms with van der Waals surface area (Å²) in [6.45, 7) is 7.28. The number of nitrogens with zero attached hydrogens (tertiary/aromatic N) is 3. The van der Waals surface area contributed by atoms with Gasteiger partial charge in [-0.2, -0.15) is 0 Å². The van der Waals surface area contributed by atoms with Crippen molar-refractivity contribution < 1.29 is 4.79 Å². The molecule has 5 heteroatoms. The maximum Gasteiger partial charge on any atom is 0.237 e. The maximum atomic E-state index is 12.4.